The largest absolute Gasteiger partial charge is 0.410 e. The van der Waals surface area contributed by atoms with Crippen LogP contribution in [0, 0.1) is 11.8 Å². The quantitative estimate of drug-likeness (QED) is 0.558. The molecule has 4 aromatic rings. The molecule has 0 bridgehead atoms. The van der Waals surface area contributed by atoms with Crippen LogP contribution in [0.3, 0.4) is 0 Å². The Hall–Kier alpha value is -4.24. The maximum absolute atomic E-state index is 12.5. The molecule has 2 heterocycles. The van der Waals surface area contributed by atoms with Crippen molar-refractivity contribution in [1.29, 1.82) is 0 Å². The first kappa shape index (κ1) is 17.2. The van der Waals surface area contributed by atoms with Gasteiger partial charge in [0.2, 0.25) is 0 Å². The summed E-state index contributed by atoms with van der Waals surface area (Å²) in [4.78, 5) is 16.5. The molecule has 0 fully saturated rings. The SMILES string of the molecule is O=C(Nc1ccccc1-c1nnc(C#Cc2cccnc2)o1)c1ccccc1. The minimum Gasteiger partial charge on any atom is -0.410 e. The summed E-state index contributed by atoms with van der Waals surface area (Å²) in [6.45, 7) is 0. The molecule has 0 saturated heterocycles. The third kappa shape index (κ3) is 3.94. The summed E-state index contributed by atoms with van der Waals surface area (Å²) in [6, 6.07) is 19.8. The first-order valence-electron chi connectivity index (χ1n) is 8.51. The molecule has 0 aliphatic rings. The summed E-state index contributed by atoms with van der Waals surface area (Å²) < 4.78 is 5.65. The van der Waals surface area contributed by atoms with E-state index in [-0.39, 0.29) is 17.7 Å². The third-order valence-corrected chi connectivity index (χ3v) is 3.84. The minimum absolute atomic E-state index is 0.183. The lowest BCUT2D eigenvalue weighted by atomic mass is 10.1. The van der Waals surface area contributed by atoms with E-state index in [1.165, 1.54) is 0 Å². The van der Waals surface area contributed by atoms with Gasteiger partial charge in [0.1, 0.15) is 0 Å². The van der Waals surface area contributed by atoms with Crippen molar-refractivity contribution in [2.45, 2.75) is 0 Å². The van der Waals surface area contributed by atoms with Crippen LogP contribution >= 0.6 is 0 Å². The van der Waals surface area contributed by atoms with Crippen LogP contribution in [0.5, 0.6) is 0 Å². The maximum atomic E-state index is 12.5. The molecular weight excluding hydrogens is 352 g/mol. The second-order valence-corrected chi connectivity index (χ2v) is 5.77. The Labute approximate surface area is 161 Å². The van der Waals surface area contributed by atoms with Crippen molar-refractivity contribution in [2.24, 2.45) is 0 Å². The zero-order valence-electron chi connectivity index (χ0n) is 14.7. The van der Waals surface area contributed by atoms with Crippen molar-refractivity contribution in [1.82, 2.24) is 15.2 Å². The first-order valence-corrected chi connectivity index (χ1v) is 8.51. The van der Waals surface area contributed by atoms with Crippen LogP contribution in [0.4, 0.5) is 5.69 Å². The summed E-state index contributed by atoms with van der Waals surface area (Å²) in [6.07, 6.45) is 3.33. The molecule has 0 atom stereocenters. The van der Waals surface area contributed by atoms with E-state index in [2.05, 4.69) is 32.3 Å². The van der Waals surface area contributed by atoms with Crippen LogP contribution in [0.25, 0.3) is 11.5 Å². The Morgan fingerprint density at radius 2 is 1.71 bits per heavy atom. The lowest BCUT2D eigenvalue weighted by molar-refractivity contribution is 0.102. The molecule has 0 spiro atoms. The van der Waals surface area contributed by atoms with Gasteiger partial charge in [0.25, 0.3) is 17.7 Å². The number of para-hydroxylation sites is 1. The van der Waals surface area contributed by atoms with Crippen molar-refractivity contribution < 1.29 is 9.21 Å². The molecule has 4 rings (SSSR count). The van der Waals surface area contributed by atoms with Gasteiger partial charge >= 0.3 is 0 Å². The highest BCUT2D eigenvalue weighted by molar-refractivity contribution is 6.05. The van der Waals surface area contributed by atoms with Crippen LogP contribution in [-0.4, -0.2) is 21.1 Å². The number of pyridine rings is 1. The van der Waals surface area contributed by atoms with E-state index >= 15 is 0 Å². The molecule has 0 aliphatic carbocycles. The lowest BCUT2D eigenvalue weighted by Gasteiger charge is -2.08. The lowest BCUT2D eigenvalue weighted by Crippen LogP contribution is -2.12. The molecule has 0 radical (unpaired) electrons. The van der Waals surface area contributed by atoms with Crippen molar-refractivity contribution in [3.63, 3.8) is 0 Å². The predicted molar refractivity (Wildman–Crippen MR) is 104 cm³/mol. The number of carbonyl (C=O) groups excluding carboxylic acids is 1. The van der Waals surface area contributed by atoms with Gasteiger partial charge in [-0.05, 0) is 42.3 Å². The zero-order chi connectivity index (χ0) is 19.2. The molecule has 1 N–H and O–H groups in total. The molecule has 2 aromatic heterocycles. The van der Waals surface area contributed by atoms with E-state index in [0.29, 0.717) is 16.8 Å². The minimum atomic E-state index is -0.218. The van der Waals surface area contributed by atoms with Crippen molar-refractivity contribution >= 4 is 11.6 Å². The monoisotopic (exact) mass is 366 g/mol. The van der Waals surface area contributed by atoms with E-state index in [9.17, 15) is 4.79 Å². The number of carbonyl (C=O) groups is 1. The van der Waals surface area contributed by atoms with E-state index in [1.54, 1.807) is 42.7 Å². The van der Waals surface area contributed by atoms with Crippen molar-refractivity contribution in [3.8, 4) is 23.3 Å². The first-order chi connectivity index (χ1) is 13.8. The Bertz CT molecular complexity index is 1160. The van der Waals surface area contributed by atoms with Gasteiger partial charge < -0.3 is 9.73 Å². The fourth-order valence-electron chi connectivity index (χ4n) is 2.51. The highest BCUT2D eigenvalue weighted by Crippen LogP contribution is 2.27. The summed E-state index contributed by atoms with van der Waals surface area (Å²) in [5, 5.41) is 10.9. The Morgan fingerprint density at radius 3 is 2.54 bits per heavy atom. The molecule has 0 aliphatic heterocycles. The molecular formula is C22H14N4O2. The number of aromatic nitrogens is 3. The van der Waals surface area contributed by atoms with E-state index in [4.69, 9.17) is 4.42 Å². The average molecular weight is 366 g/mol. The number of amides is 1. The van der Waals surface area contributed by atoms with Gasteiger partial charge in [-0.1, -0.05) is 41.4 Å². The molecule has 6 nitrogen and oxygen atoms in total. The molecule has 0 saturated carbocycles. The fraction of sp³-hybridized carbons (Fsp3) is 0. The molecule has 1 amide bonds. The van der Waals surface area contributed by atoms with E-state index < -0.39 is 0 Å². The molecule has 2 aromatic carbocycles. The number of nitrogens with one attached hydrogen (secondary N) is 1. The highest BCUT2D eigenvalue weighted by atomic mass is 16.4. The average Bonchev–Trinajstić information content (AvgIpc) is 3.23. The van der Waals surface area contributed by atoms with Gasteiger partial charge in [0.15, 0.2) is 0 Å². The molecule has 134 valence electrons. The highest BCUT2D eigenvalue weighted by Gasteiger charge is 2.14. The van der Waals surface area contributed by atoms with Gasteiger partial charge in [-0.25, -0.2) is 0 Å². The van der Waals surface area contributed by atoms with Gasteiger partial charge in [0.05, 0.1) is 11.3 Å². The van der Waals surface area contributed by atoms with Crippen LogP contribution in [0.15, 0.2) is 83.5 Å². The van der Waals surface area contributed by atoms with Crippen LogP contribution in [-0.2, 0) is 0 Å². The zero-order valence-corrected chi connectivity index (χ0v) is 14.7. The molecule has 6 heteroatoms. The van der Waals surface area contributed by atoms with Gasteiger partial charge in [0, 0.05) is 23.5 Å². The molecule has 0 unspecified atom stereocenters. The van der Waals surface area contributed by atoms with Crippen molar-refractivity contribution in [3.05, 3.63) is 96.1 Å². The number of nitrogens with zero attached hydrogens (tertiary/aromatic N) is 3. The predicted octanol–water partition coefficient (Wildman–Crippen LogP) is 3.78. The summed E-state index contributed by atoms with van der Waals surface area (Å²) in [7, 11) is 0. The third-order valence-electron chi connectivity index (χ3n) is 3.84. The normalized spacial score (nSPS) is 10.0. The topological polar surface area (TPSA) is 80.9 Å². The van der Waals surface area contributed by atoms with Gasteiger partial charge in [-0.2, -0.15) is 0 Å². The van der Waals surface area contributed by atoms with E-state index in [1.807, 2.05) is 36.4 Å². The fourth-order valence-corrected chi connectivity index (χ4v) is 2.51. The van der Waals surface area contributed by atoms with Crippen LogP contribution in [0.2, 0.25) is 0 Å². The maximum Gasteiger partial charge on any atom is 0.294 e. The van der Waals surface area contributed by atoms with Crippen LogP contribution < -0.4 is 5.32 Å². The van der Waals surface area contributed by atoms with E-state index in [0.717, 1.165) is 5.56 Å². The van der Waals surface area contributed by atoms with Crippen molar-refractivity contribution in [2.75, 3.05) is 5.32 Å². The summed E-state index contributed by atoms with van der Waals surface area (Å²) >= 11 is 0. The number of anilines is 1. The Balaban J connectivity index is 1.58. The van der Waals surface area contributed by atoms with Crippen LogP contribution in [0.1, 0.15) is 21.8 Å². The number of rotatable bonds is 3. The second kappa shape index (κ2) is 7.98. The number of hydrogen-bond acceptors (Lipinski definition) is 5. The van der Waals surface area contributed by atoms with Gasteiger partial charge in [-0.15, -0.1) is 5.10 Å². The number of hydrogen-bond donors (Lipinski definition) is 1. The Kier molecular flexibility index (Phi) is 4.90. The molecule has 28 heavy (non-hydrogen) atoms. The summed E-state index contributed by atoms with van der Waals surface area (Å²) in [5.74, 6) is 5.98. The van der Waals surface area contributed by atoms with Gasteiger partial charge in [-0.3, -0.25) is 9.78 Å². The smallest absolute Gasteiger partial charge is 0.294 e. The second-order valence-electron chi connectivity index (χ2n) is 5.77. The Morgan fingerprint density at radius 1 is 0.893 bits per heavy atom. The number of benzene rings is 2. The summed E-state index contributed by atoms with van der Waals surface area (Å²) in [5.41, 5.74) is 2.50. The standard InChI is InChI=1S/C22H14N4O2/c27-21(17-8-2-1-3-9-17)24-19-11-5-4-10-18(19)22-26-25-20(28-22)13-12-16-7-6-14-23-15-16/h1-11,14-15H,(H,24,27).